The molecule has 19 heavy (non-hydrogen) atoms. The molecule has 0 N–H and O–H groups in total. The Morgan fingerprint density at radius 1 is 1.42 bits per heavy atom. The second-order valence-corrected chi connectivity index (χ2v) is 3.43. The van der Waals surface area contributed by atoms with Gasteiger partial charge in [-0.1, -0.05) is 0 Å². The molecule has 102 valence electrons. The first-order valence-corrected chi connectivity index (χ1v) is 5.21. The summed E-state index contributed by atoms with van der Waals surface area (Å²) in [5.74, 6) is -1.17. The van der Waals surface area contributed by atoms with E-state index in [4.69, 9.17) is 10.00 Å². The monoisotopic (exact) mass is 273 g/mol. The number of hydrogen-bond acceptors (Lipinski definition) is 4. The molecule has 0 aliphatic heterocycles. The lowest BCUT2D eigenvalue weighted by Gasteiger charge is -2.13. The molecule has 0 aliphatic rings. The Morgan fingerprint density at radius 2 is 2.05 bits per heavy atom. The lowest BCUT2D eigenvalue weighted by Crippen LogP contribution is -2.14. The summed E-state index contributed by atoms with van der Waals surface area (Å²) in [6.07, 6.45) is -4.76. The number of carbonyl (C=O) groups excluding carboxylic acids is 1. The highest BCUT2D eigenvalue weighted by atomic mass is 19.4. The van der Waals surface area contributed by atoms with E-state index < -0.39 is 28.8 Å². The number of nitriles is 1. The van der Waals surface area contributed by atoms with Crippen LogP contribution in [0.1, 0.15) is 28.4 Å². The molecule has 0 unspecified atom stereocenters. The Balaban J connectivity index is 3.54. The van der Waals surface area contributed by atoms with Crippen LogP contribution >= 0.6 is 0 Å². The van der Waals surface area contributed by atoms with Gasteiger partial charge in [-0.15, -0.1) is 0 Å². The average molecular weight is 273 g/mol. The largest absolute Gasteiger partial charge is 0.497 e. The van der Waals surface area contributed by atoms with Crippen LogP contribution < -0.4 is 4.74 Å². The van der Waals surface area contributed by atoms with Gasteiger partial charge in [0.2, 0.25) is 0 Å². The molecule has 0 atom stereocenters. The second-order valence-electron chi connectivity index (χ2n) is 3.43. The summed E-state index contributed by atoms with van der Waals surface area (Å²) in [6.45, 7) is 1.50. The fourth-order valence-electron chi connectivity index (χ4n) is 1.45. The quantitative estimate of drug-likeness (QED) is 0.794. The SMILES string of the molecule is CCOC(=O)c1cc(OC)cc(C(F)(F)F)c1C#N. The zero-order valence-corrected chi connectivity index (χ0v) is 10.2. The zero-order chi connectivity index (χ0) is 14.6. The number of ether oxygens (including phenoxy) is 2. The highest BCUT2D eigenvalue weighted by molar-refractivity contribution is 5.93. The lowest BCUT2D eigenvalue weighted by molar-refractivity contribution is -0.137. The topological polar surface area (TPSA) is 59.3 Å². The minimum atomic E-state index is -4.76. The van der Waals surface area contributed by atoms with Gasteiger partial charge in [0.25, 0.3) is 0 Å². The molecule has 0 radical (unpaired) electrons. The molecule has 1 rings (SSSR count). The summed E-state index contributed by atoms with van der Waals surface area (Å²) in [5, 5.41) is 8.84. The third-order valence-corrected chi connectivity index (χ3v) is 2.26. The van der Waals surface area contributed by atoms with Crippen LogP contribution in [0.25, 0.3) is 0 Å². The molecule has 0 saturated heterocycles. The fraction of sp³-hybridized carbons (Fsp3) is 0.333. The van der Waals surface area contributed by atoms with E-state index in [1.54, 1.807) is 0 Å². The van der Waals surface area contributed by atoms with E-state index >= 15 is 0 Å². The normalized spacial score (nSPS) is 10.7. The number of alkyl halides is 3. The number of carbonyl (C=O) groups is 1. The highest BCUT2D eigenvalue weighted by Gasteiger charge is 2.36. The van der Waals surface area contributed by atoms with Gasteiger partial charge in [-0.3, -0.25) is 0 Å². The van der Waals surface area contributed by atoms with Gasteiger partial charge in [0.1, 0.15) is 11.8 Å². The van der Waals surface area contributed by atoms with E-state index in [2.05, 4.69) is 4.74 Å². The summed E-state index contributed by atoms with van der Waals surface area (Å²) in [4.78, 5) is 11.6. The van der Waals surface area contributed by atoms with Crippen LogP contribution in [0.15, 0.2) is 12.1 Å². The summed E-state index contributed by atoms with van der Waals surface area (Å²) in [7, 11) is 1.16. The lowest BCUT2D eigenvalue weighted by atomic mass is 10.0. The van der Waals surface area contributed by atoms with Crippen molar-refractivity contribution in [3.63, 3.8) is 0 Å². The van der Waals surface area contributed by atoms with Gasteiger partial charge in [0, 0.05) is 0 Å². The Labute approximate surface area is 107 Å². The summed E-state index contributed by atoms with van der Waals surface area (Å²) in [5.41, 5.74) is -2.46. The molecule has 1 aromatic rings. The van der Waals surface area contributed by atoms with Crippen molar-refractivity contribution in [3.05, 3.63) is 28.8 Å². The Morgan fingerprint density at radius 3 is 2.47 bits per heavy atom. The van der Waals surface area contributed by atoms with Crippen LogP contribution in [0.5, 0.6) is 5.75 Å². The summed E-state index contributed by atoms with van der Waals surface area (Å²) < 4.78 is 47.8. The van der Waals surface area contributed by atoms with Crippen molar-refractivity contribution in [1.29, 1.82) is 5.26 Å². The number of nitrogens with zero attached hydrogens (tertiary/aromatic N) is 1. The molecule has 0 spiro atoms. The van der Waals surface area contributed by atoms with Crippen LogP contribution in [0, 0.1) is 11.3 Å². The first-order chi connectivity index (χ1) is 8.85. The van der Waals surface area contributed by atoms with Crippen LogP contribution in [0.3, 0.4) is 0 Å². The summed E-state index contributed by atoms with van der Waals surface area (Å²) in [6, 6.07) is 3.10. The second kappa shape index (κ2) is 5.61. The van der Waals surface area contributed by atoms with Gasteiger partial charge in [-0.25, -0.2) is 4.79 Å². The van der Waals surface area contributed by atoms with Crippen molar-refractivity contribution in [2.24, 2.45) is 0 Å². The molecule has 0 heterocycles. The number of hydrogen-bond donors (Lipinski definition) is 0. The first kappa shape index (κ1) is 14.8. The third kappa shape index (κ3) is 3.16. The fourth-order valence-corrected chi connectivity index (χ4v) is 1.45. The highest BCUT2D eigenvalue weighted by Crippen LogP contribution is 2.36. The van der Waals surface area contributed by atoms with Crippen molar-refractivity contribution in [1.82, 2.24) is 0 Å². The van der Waals surface area contributed by atoms with Gasteiger partial charge < -0.3 is 9.47 Å². The molecular formula is C12H10F3NO3. The first-order valence-electron chi connectivity index (χ1n) is 5.21. The molecule has 0 fully saturated rings. The van der Waals surface area contributed by atoms with Gasteiger partial charge in [-0.2, -0.15) is 18.4 Å². The van der Waals surface area contributed by atoms with Crippen LogP contribution in [0.2, 0.25) is 0 Å². The minimum Gasteiger partial charge on any atom is -0.497 e. The van der Waals surface area contributed by atoms with Crippen molar-refractivity contribution >= 4 is 5.97 Å². The van der Waals surface area contributed by atoms with Gasteiger partial charge in [0.05, 0.1) is 30.4 Å². The molecule has 4 nitrogen and oxygen atoms in total. The van der Waals surface area contributed by atoms with E-state index in [0.717, 1.165) is 13.2 Å². The molecule has 0 aliphatic carbocycles. The van der Waals surface area contributed by atoms with Crippen molar-refractivity contribution in [2.45, 2.75) is 13.1 Å². The van der Waals surface area contributed by atoms with Crippen LogP contribution in [-0.4, -0.2) is 19.7 Å². The van der Waals surface area contributed by atoms with Crippen LogP contribution in [-0.2, 0) is 10.9 Å². The van der Waals surface area contributed by atoms with E-state index in [9.17, 15) is 18.0 Å². The molecule has 0 saturated carbocycles. The smallest absolute Gasteiger partial charge is 0.417 e. The van der Waals surface area contributed by atoms with Crippen LogP contribution in [0.4, 0.5) is 13.2 Å². The predicted molar refractivity (Wildman–Crippen MR) is 58.7 cm³/mol. The number of rotatable bonds is 3. The average Bonchev–Trinajstić information content (AvgIpc) is 2.36. The third-order valence-electron chi connectivity index (χ3n) is 2.26. The summed E-state index contributed by atoms with van der Waals surface area (Å²) >= 11 is 0. The maximum Gasteiger partial charge on any atom is 0.417 e. The molecule has 0 amide bonds. The van der Waals surface area contributed by atoms with Crippen molar-refractivity contribution in [2.75, 3.05) is 13.7 Å². The molecule has 1 aromatic carbocycles. The van der Waals surface area contributed by atoms with Gasteiger partial charge in [0.15, 0.2) is 0 Å². The number of methoxy groups -OCH3 is 1. The molecular weight excluding hydrogens is 263 g/mol. The van der Waals surface area contributed by atoms with E-state index in [0.29, 0.717) is 6.07 Å². The maximum absolute atomic E-state index is 12.8. The van der Waals surface area contributed by atoms with Crippen molar-refractivity contribution < 1.29 is 27.4 Å². The van der Waals surface area contributed by atoms with E-state index in [1.807, 2.05) is 0 Å². The number of benzene rings is 1. The number of esters is 1. The molecule has 0 aromatic heterocycles. The Bertz CT molecular complexity index is 532. The maximum atomic E-state index is 12.8. The molecule has 7 heteroatoms. The number of halogens is 3. The Kier molecular flexibility index (Phi) is 4.38. The standard InChI is InChI=1S/C12H10F3NO3/c1-3-19-11(17)8-4-7(18-2)5-10(9(8)6-16)12(13,14)15/h4-5H,3H2,1-2H3. The minimum absolute atomic E-state index is 0.0116. The van der Waals surface area contributed by atoms with Crippen molar-refractivity contribution in [3.8, 4) is 11.8 Å². The van der Waals surface area contributed by atoms with Gasteiger partial charge in [-0.05, 0) is 19.1 Å². The molecule has 0 bridgehead atoms. The predicted octanol–water partition coefficient (Wildman–Crippen LogP) is 2.76. The zero-order valence-electron chi connectivity index (χ0n) is 10.2. The van der Waals surface area contributed by atoms with E-state index in [-0.39, 0.29) is 12.4 Å². The Hall–Kier alpha value is -2.23. The van der Waals surface area contributed by atoms with E-state index in [1.165, 1.54) is 13.0 Å². The van der Waals surface area contributed by atoms with Gasteiger partial charge >= 0.3 is 12.1 Å².